The number of aromatic nitrogens is 1. The summed E-state index contributed by atoms with van der Waals surface area (Å²) in [5.74, 6) is 0.132. The lowest BCUT2D eigenvalue weighted by atomic mass is 10.1. The third kappa shape index (κ3) is 1.75. The molecule has 17 heavy (non-hydrogen) atoms. The molecule has 0 radical (unpaired) electrons. The van der Waals surface area contributed by atoms with Gasteiger partial charge in [-0.2, -0.15) is 0 Å². The summed E-state index contributed by atoms with van der Waals surface area (Å²) in [7, 11) is 2.90. The second kappa shape index (κ2) is 4.13. The van der Waals surface area contributed by atoms with Crippen molar-refractivity contribution >= 4 is 16.9 Å². The first-order valence-corrected chi connectivity index (χ1v) is 5.33. The zero-order valence-corrected chi connectivity index (χ0v) is 10.4. The maximum absolute atomic E-state index is 11.6. The van der Waals surface area contributed by atoms with Crippen LogP contribution >= 0.6 is 0 Å². The van der Waals surface area contributed by atoms with E-state index in [2.05, 4.69) is 4.98 Å². The maximum atomic E-state index is 11.6. The quantitative estimate of drug-likeness (QED) is 0.811. The molecule has 0 aliphatic heterocycles. The van der Waals surface area contributed by atoms with Gasteiger partial charge in [-0.05, 0) is 25.5 Å². The van der Waals surface area contributed by atoms with Gasteiger partial charge in [-0.15, -0.1) is 0 Å². The van der Waals surface area contributed by atoms with E-state index < -0.39 is 0 Å². The van der Waals surface area contributed by atoms with Gasteiger partial charge in [0, 0.05) is 22.7 Å². The molecule has 90 valence electrons. The maximum Gasteiger partial charge on any atom is 0.341 e. The summed E-state index contributed by atoms with van der Waals surface area (Å²) in [4.78, 5) is 14.9. The van der Waals surface area contributed by atoms with Crippen molar-refractivity contribution in [2.24, 2.45) is 0 Å². The molecular weight excluding hydrogens is 218 g/mol. The summed E-state index contributed by atoms with van der Waals surface area (Å²) < 4.78 is 9.95. The van der Waals surface area contributed by atoms with Crippen molar-refractivity contribution in [2.45, 2.75) is 13.8 Å². The van der Waals surface area contributed by atoms with Crippen LogP contribution in [-0.4, -0.2) is 25.2 Å². The Hall–Kier alpha value is -1.97. The summed E-state index contributed by atoms with van der Waals surface area (Å²) in [6, 6.07) is 3.63. The van der Waals surface area contributed by atoms with Crippen LogP contribution in [0.25, 0.3) is 10.9 Å². The zero-order valence-electron chi connectivity index (χ0n) is 10.4. The molecular formula is C13H15NO3. The fourth-order valence-corrected chi connectivity index (χ4v) is 1.93. The molecule has 0 spiro atoms. The molecule has 1 aromatic carbocycles. The first kappa shape index (κ1) is 11.5. The molecule has 4 heteroatoms. The Bertz CT molecular complexity index is 584. The average molecular weight is 233 g/mol. The molecule has 1 heterocycles. The highest BCUT2D eigenvalue weighted by atomic mass is 16.5. The van der Waals surface area contributed by atoms with Crippen LogP contribution in [0, 0.1) is 13.8 Å². The van der Waals surface area contributed by atoms with Gasteiger partial charge >= 0.3 is 5.97 Å². The Labute approximate surface area is 99.5 Å². The normalized spacial score (nSPS) is 10.6. The summed E-state index contributed by atoms with van der Waals surface area (Å²) in [5, 5.41) is 1.02. The highest BCUT2D eigenvalue weighted by Gasteiger charge is 2.16. The third-order valence-electron chi connectivity index (χ3n) is 3.03. The van der Waals surface area contributed by atoms with Crippen LogP contribution in [0.3, 0.4) is 0 Å². The lowest BCUT2D eigenvalue weighted by molar-refractivity contribution is 0.0597. The molecule has 0 fully saturated rings. The van der Waals surface area contributed by atoms with E-state index in [0.29, 0.717) is 11.3 Å². The van der Waals surface area contributed by atoms with Crippen molar-refractivity contribution < 1.29 is 14.3 Å². The second-order valence-electron chi connectivity index (χ2n) is 3.96. The number of aromatic amines is 1. The Balaban J connectivity index is 2.74. The number of ether oxygens (including phenoxy) is 2. The van der Waals surface area contributed by atoms with Crippen molar-refractivity contribution in [1.29, 1.82) is 0 Å². The number of esters is 1. The van der Waals surface area contributed by atoms with Gasteiger partial charge in [0.15, 0.2) is 0 Å². The number of methoxy groups -OCH3 is 2. The van der Waals surface area contributed by atoms with Crippen molar-refractivity contribution in [3.8, 4) is 5.75 Å². The van der Waals surface area contributed by atoms with Gasteiger partial charge in [0.25, 0.3) is 0 Å². The van der Waals surface area contributed by atoms with Gasteiger partial charge in [0.05, 0.1) is 14.2 Å². The molecule has 0 amide bonds. The third-order valence-corrected chi connectivity index (χ3v) is 3.03. The molecule has 1 aromatic heterocycles. The average Bonchev–Trinajstić information content (AvgIpc) is 2.62. The number of carbonyl (C=O) groups is 1. The van der Waals surface area contributed by atoms with E-state index in [1.165, 1.54) is 14.2 Å². The summed E-state index contributed by atoms with van der Waals surface area (Å²) in [6.07, 6.45) is 0. The van der Waals surface area contributed by atoms with Crippen LogP contribution in [-0.2, 0) is 4.74 Å². The first-order chi connectivity index (χ1) is 8.08. The highest BCUT2D eigenvalue weighted by molar-refractivity contribution is 5.99. The first-order valence-electron chi connectivity index (χ1n) is 5.33. The number of carbonyl (C=O) groups excluding carboxylic acids is 1. The number of hydrogen-bond donors (Lipinski definition) is 1. The van der Waals surface area contributed by atoms with Crippen molar-refractivity contribution in [1.82, 2.24) is 4.98 Å². The topological polar surface area (TPSA) is 51.3 Å². The Morgan fingerprint density at radius 3 is 2.53 bits per heavy atom. The van der Waals surface area contributed by atoms with Crippen LogP contribution in [0.1, 0.15) is 21.6 Å². The van der Waals surface area contributed by atoms with Crippen LogP contribution in [0.2, 0.25) is 0 Å². The molecule has 2 rings (SSSR count). The van der Waals surface area contributed by atoms with Crippen LogP contribution in [0.4, 0.5) is 0 Å². The number of H-pyrrole nitrogens is 1. The summed E-state index contributed by atoms with van der Waals surface area (Å²) in [5.41, 5.74) is 3.63. The molecule has 0 unspecified atom stereocenters. The minimum absolute atomic E-state index is 0.387. The number of aryl methyl sites for hydroxylation is 2. The fourth-order valence-electron chi connectivity index (χ4n) is 1.93. The van der Waals surface area contributed by atoms with E-state index in [0.717, 1.165) is 22.2 Å². The van der Waals surface area contributed by atoms with Crippen LogP contribution < -0.4 is 4.74 Å². The minimum Gasteiger partial charge on any atom is -0.496 e. The lowest BCUT2D eigenvalue weighted by Gasteiger charge is -2.07. The monoisotopic (exact) mass is 233 g/mol. The van der Waals surface area contributed by atoms with Gasteiger partial charge in [-0.1, -0.05) is 0 Å². The minimum atomic E-state index is -0.387. The van der Waals surface area contributed by atoms with Gasteiger partial charge in [0.2, 0.25) is 0 Å². The largest absolute Gasteiger partial charge is 0.496 e. The molecule has 0 aliphatic carbocycles. The van der Waals surface area contributed by atoms with Gasteiger partial charge in [-0.25, -0.2) is 4.79 Å². The standard InChI is InChI=1S/C13H15NO3/c1-7-8(2)14-11-6-12(16-3)10(5-9(7)11)13(15)17-4/h5-6,14H,1-4H3. The molecule has 1 N–H and O–H groups in total. The number of hydrogen-bond acceptors (Lipinski definition) is 3. The number of nitrogens with one attached hydrogen (secondary N) is 1. The molecule has 2 aromatic rings. The van der Waals surface area contributed by atoms with Crippen molar-refractivity contribution in [2.75, 3.05) is 14.2 Å². The highest BCUT2D eigenvalue weighted by Crippen LogP contribution is 2.29. The fraction of sp³-hybridized carbons (Fsp3) is 0.308. The molecule has 0 saturated carbocycles. The smallest absolute Gasteiger partial charge is 0.341 e. The molecule has 0 aliphatic rings. The number of rotatable bonds is 2. The summed E-state index contributed by atoms with van der Waals surface area (Å²) >= 11 is 0. The Morgan fingerprint density at radius 2 is 1.94 bits per heavy atom. The van der Waals surface area contributed by atoms with Crippen LogP contribution in [0.5, 0.6) is 5.75 Å². The van der Waals surface area contributed by atoms with E-state index >= 15 is 0 Å². The van der Waals surface area contributed by atoms with E-state index in [-0.39, 0.29) is 5.97 Å². The summed E-state index contributed by atoms with van der Waals surface area (Å²) in [6.45, 7) is 4.02. The predicted octanol–water partition coefficient (Wildman–Crippen LogP) is 2.58. The molecule has 0 atom stereocenters. The predicted molar refractivity (Wildman–Crippen MR) is 65.7 cm³/mol. The lowest BCUT2D eigenvalue weighted by Crippen LogP contribution is -2.03. The SMILES string of the molecule is COC(=O)c1cc2c(C)c(C)[nH]c2cc1OC. The van der Waals surface area contributed by atoms with Crippen molar-refractivity contribution in [3.05, 3.63) is 29.0 Å². The van der Waals surface area contributed by atoms with Crippen LogP contribution in [0.15, 0.2) is 12.1 Å². The molecule has 0 bridgehead atoms. The molecule has 0 saturated heterocycles. The molecule has 4 nitrogen and oxygen atoms in total. The van der Waals surface area contributed by atoms with E-state index in [9.17, 15) is 4.79 Å². The van der Waals surface area contributed by atoms with Gasteiger partial charge < -0.3 is 14.5 Å². The van der Waals surface area contributed by atoms with E-state index in [4.69, 9.17) is 9.47 Å². The number of benzene rings is 1. The number of fused-ring (bicyclic) bond motifs is 1. The Kier molecular flexibility index (Phi) is 2.79. The second-order valence-corrected chi connectivity index (χ2v) is 3.96. The van der Waals surface area contributed by atoms with Crippen molar-refractivity contribution in [3.63, 3.8) is 0 Å². The van der Waals surface area contributed by atoms with E-state index in [1.807, 2.05) is 19.9 Å². The zero-order chi connectivity index (χ0) is 12.6. The Morgan fingerprint density at radius 1 is 1.24 bits per heavy atom. The van der Waals surface area contributed by atoms with E-state index in [1.54, 1.807) is 6.07 Å². The van der Waals surface area contributed by atoms with Gasteiger partial charge in [-0.3, -0.25) is 0 Å². The van der Waals surface area contributed by atoms with Gasteiger partial charge in [0.1, 0.15) is 11.3 Å².